The maximum atomic E-state index is 4.80. The van der Waals surface area contributed by atoms with Crippen LogP contribution >= 0.6 is 34.4 Å². The molecular formula is C15H16N4S3. The standard InChI is InChI=1S/C15H16N4S3/c1-2-5-10(4-1)14-16-11(8-21-14)9-22-15-17-13(18-19-15)12-6-3-7-20-12/h3,6-8,10H,1-2,4-5,9H2,(H,17,18,19). The minimum Gasteiger partial charge on any atom is -0.257 e. The van der Waals surface area contributed by atoms with Gasteiger partial charge in [0, 0.05) is 17.1 Å². The summed E-state index contributed by atoms with van der Waals surface area (Å²) in [5, 5.41) is 13.6. The van der Waals surface area contributed by atoms with E-state index >= 15 is 0 Å². The van der Waals surface area contributed by atoms with Gasteiger partial charge in [0.2, 0.25) is 5.16 Å². The summed E-state index contributed by atoms with van der Waals surface area (Å²) in [4.78, 5) is 10.5. The fraction of sp³-hybridized carbons (Fsp3) is 0.400. The number of hydrogen-bond acceptors (Lipinski definition) is 6. The molecule has 3 aromatic rings. The van der Waals surface area contributed by atoms with Crippen molar-refractivity contribution in [3.05, 3.63) is 33.6 Å². The fourth-order valence-corrected chi connectivity index (χ4v) is 5.17. The Balaban J connectivity index is 1.38. The van der Waals surface area contributed by atoms with Crippen molar-refractivity contribution in [2.24, 2.45) is 0 Å². The first kappa shape index (κ1) is 14.4. The molecule has 4 rings (SSSR count). The number of nitrogens with zero attached hydrogens (tertiary/aromatic N) is 3. The normalized spacial score (nSPS) is 15.6. The van der Waals surface area contributed by atoms with Crippen molar-refractivity contribution in [1.29, 1.82) is 0 Å². The van der Waals surface area contributed by atoms with E-state index < -0.39 is 0 Å². The Morgan fingerprint density at radius 2 is 2.14 bits per heavy atom. The van der Waals surface area contributed by atoms with Gasteiger partial charge in [0.25, 0.3) is 0 Å². The molecule has 0 unspecified atom stereocenters. The molecule has 3 aromatic heterocycles. The van der Waals surface area contributed by atoms with Crippen LogP contribution in [0.3, 0.4) is 0 Å². The van der Waals surface area contributed by atoms with E-state index in [1.165, 1.54) is 30.7 Å². The lowest BCUT2D eigenvalue weighted by Gasteiger charge is -2.02. The monoisotopic (exact) mass is 348 g/mol. The molecule has 1 fully saturated rings. The maximum Gasteiger partial charge on any atom is 0.209 e. The molecule has 0 spiro atoms. The second kappa shape index (κ2) is 6.52. The van der Waals surface area contributed by atoms with Crippen molar-refractivity contribution in [1.82, 2.24) is 20.2 Å². The maximum absolute atomic E-state index is 4.80. The van der Waals surface area contributed by atoms with Gasteiger partial charge in [0.1, 0.15) is 0 Å². The second-order valence-electron chi connectivity index (χ2n) is 5.39. The van der Waals surface area contributed by atoms with E-state index in [0.717, 1.165) is 27.3 Å². The lowest BCUT2D eigenvalue weighted by molar-refractivity contribution is 0.714. The lowest BCUT2D eigenvalue weighted by atomic mass is 10.1. The molecule has 0 aromatic carbocycles. The number of thiophene rings is 1. The zero-order valence-corrected chi connectivity index (χ0v) is 14.4. The molecule has 0 aliphatic heterocycles. The van der Waals surface area contributed by atoms with E-state index in [2.05, 4.69) is 20.6 Å². The molecule has 1 aliphatic carbocycles. The van der Waals surface area contributed by atoms with E-state index in [1.54, 1.807) is 23.1 Å². The van der Waals surface area contributed by atoms with Crippen LogP contribution in [0.5, 0.6) is 0 Å². The number of nitrogens with one attached hydrogen (secondary N) is 1. The highest BCUT2D eigenvalue weighted by atomic mass is 32.2. The number of aromatic nitrogens is 4. The SMILES string of the molecule is c1csc(-c2nc(SCc3csc(C4CCCC4)n3)n[nH]2)c1. The Hall–Kier alpha value is -1.18. The molecule has 0 atom stereocenters. The highest BCUT2D eigenvalue weighted by Crippen LogP contribution is 2.36. The van der Waals surface area contributed by atoms with Gasteiger partial charge in [0.15, 0.2) is 5.82 Å². The van der Waals surface area contributed by atoms with Gasteiger partial charge >= 0.3 is 0 Å². The number of thioether (sulfide) groups is 1. The number of H-pyrrole nitrogens is 1. The molecule has 0 radical (unpaired) electrons. The average molecular weight is 349 g/mol. The zero-order valence-electron chi connectivity index (χ0n) is 12.0. The van der Waals surface area contributed by atoms with Crippen LogP contribution in [0, 0.1) is 0 Å². The summed E-state index contributed by atoms with van der Waals surface area (Å²) in [5.74, 6) is 2.39. The van der Waals surface area contributed by atoms with Crippen LogP contribution in [0.25, 0.3) is 10.7 Å². The van der Waals surface area contributed by atoms with Gasteiger partial charge in [-0.15, -0.1) is 27.8 Å². The summed E-state index contributed by atoms with van der Waals surface area (Å²) in [6, 6.07) is 4.07. The summed E-state index contributed by atoms with van der Waals surface area (Å²) >= 11 is 5.12. The lowest BCUT2D eigenvalue weighted by Crippen LogP contribution is -1.91. The molecule has 22 heavy (non-hydrogen) atoms. The van der Waals surface area contributed by atoms with E-state index in [0.29, 0.717) is 5.92 Å². The molecule has 0 amide bonds. The quantitative estimate of drug-likeness (QED) is 0.664. The van der Waals surface area contributed by atoms with Gasteiger partial charge in [-0.2, -0.15) is 0 Å². The molecule has 1 N–H and O–H groups in total. The predicted octanol–water partition coefficient (Wildman–Crippen LogP) is 4.94. The Morgan fingerprint density at radius 3 is 2.95 bits per heavy atom. The highest BCUT2D eigenvalue weighted by Gasteiger charge is 2.20. The smallest absolute Gasteiger partial charge is 0.209 e. The molecule has 0 bridgehead atoms. The van der Waals surface area contributed by atoms with Crippen LogP contribution in [-0.4, -0.2) is 20.2 Å². The second-order valence-corrected chi connectivity index (χ2v) is 8.17. The number of aromatic amines is 1. The van der Waals surface area contributed by atoms with Crippen molar-refractivity contribution in [2.75, 3.05) is 0 Å². The van der Waals surface area contributed by atoms with Gasteiger partial charge in [0.05, 0.1) is 15.6 Å². The third-order valence-corrected chi connectivity index (χ3v) is 6.66. The first-order valence-electron chi connectivity index (χ1n) is 7.42. The largest absolute Gasteiger partial charge is 0.257 e. The summed E-state index contributed by atoms with van der Waals surface area (Å²) < 4.78 is 0. The Morgan fingerprint density at radius 1 is 1.23 bits per heavy atom. The van der Waals surface area contributed by atoms with Crippen LogP contribution < -0.4 is 0 Å². The van der Waals surface area contributed by atoms with Crippen molar-refractivity contribution in [3.8, 4) is 10.7 Å². The summed E-state index contributed by atoms with van der Waals surface area (Å²) in [7, 11) is 0. The molecule has 1 saturated carbocycles. The van der Waals surface area contributed by atoms with Gasteiger partial charge in [-0.1, -0.05) is 30.7 Å². The average Bonchev–Trinajstić information content (AvgIpc) is 3.33. The first-order chi connectivity index (χ1) is 10.9. The number of rotatable bonds is 5. The van der Waals surface area contributed by atoms with Gasteiger partial charge < -0.3 is 0 Å². The van der Waals surface area contributed by atoms with Gasteiger partial charge in [-0.05, 0) is 24.3 Å². The molecule has 4 nitrogen and oxygen atoms in total. The third kappa shape index (κ3) is 3.11. The summed E-state index contributed by atoms with van der Waals surface area (Å²) in [6.07, 6.45) is 5.34. The van der Waals surface area contributed by atoms with Gasteiger partial charge in [-0.3, -0.25) is 5.10 Å². The first-order valence-corrected chi connectivity index (χ1v) is 10.2. The predicted molar refractivity (Wildman–Crippen MR) is 92.6 cm³/mol. The van der Waals surface area contributed by atoms with Crippen LogP contribution in [-0.2, 0) is 5.75 Å². The van der Waals surface area contributed by atoms with E-state index in [9.17, 15) is 0 Å². The highest BCUT2D eigenvalue weighted by molar-refractivity contribution is 7.98. The minimum absolute atomic E-state index is 0.706. The Kier molecular flexibility index (Phi) is 4.27. The third-order valence-electron chi connectivity index (χ3n) is 3.84. The Labute approximate surface area is 141 Å². The number of hydrogen-bond donors (Lipinski definition) is 1. The number of thiazole rings is 1. The summed E-state index contributed by atoms with van der Waals surface area (Å²) in [5.41, 5.74) is 1.15. The zero-order chi connectivity index (χ0) is 14.8. The minimum atomic E-state index is 0.706. The molecule has 114 valence electrons. The van der Waals surface area contributed by atoms with Crippen LogP contribution in [0.4, 0.5) is 0 Å². The van der Waals surface area contributed by atoms with Crippen molar-refractivity contribution < 1.29 is 0 Å². The molecule has 7 heteroatoms. The van der Waals surface area contributed by atoms with Crippen LogP contribution in [0.2, 0.25) is 0 Å². The van der Waals surface area contributed by atoms with E-state index in [-0.39, 0.29) is 0 Å². The van der Waals surface area contributed by atoms with Crippen molar-refractivity contribution in [2.45, 2.75) is 42.5 Å². The molecular weight excluding hydrogens is 332 g/mol. The van der Waals surface area contributed by atoms with Crippen molar-refractivity contribution in [3.63, 3.8) is 0 Å². The summed E-state index contributed by atoms with van der Waals surface area (Å²) in [6.45, 7) is 0. The Bertz CT molecular complexity index is 726. The molecule has 1 aliphatic rings. The van der Waals surface area contributed by atoms with E-state index in [4.69, 9.17) is 4.98 Å². The van der Waals surface area contributed by atoms with Crippen LogP contribution in [0.15, 0.2) is 28.0 Å². The van der Waals surface area contributed by atoms with E-state index in [1.807, 2.05) is 28.8 Å². The van der Waals surface area contributed by atoms with Crippen LogP contribution in [0.1, 0.15) is 42.3 Å². The van der Waals surface area contributed by atoms with Crippen molar-refractivity contribution >= 4 is 34.4 Å². The molecule has 3 heterocycles. The fourth-order valence-electron chi connectivity index (χ4n) is 2.72. The topological polar surface area (TPSA) is 54.5 Å². The van der Waals surface area contributed by atoms with Gasteiger partial charge in [-0.25, -0.2) is 9.97 Å². The molecule has 0 saturated heterocycles.